The molecule has 3 rings (SSSR count). The van der Waals surface area contributed by atoms with E-state index in [-0.39, 0.29) is 0 Å². The topological polar surface area (TPSA) is 0 Å². The van der Waals surface area contributed by atoms with E-state index >= 15 is 8.78 Å². The van der Waals surface area contributed by atoms with Crippen LogP contribution in [0.25, 0.3) is 22.3 Å². The maximum Gasteiger partial charge on any atom is 0.198 e. The molecular weight excluding hydrogens is 658 g/mol. The minimum absolute atomic E-state index is 0.775. The Morgan fingerprint density at radius 1 is 0.344 bits per heavy atom. The van der Waals surface area contributed by atoms with E-state index < -0.39 is 99.4 Å². The van der Waals surface area contributed by atoms with Crippen LogP contribution in [0.1, 0.15) is 5.56 Å². The van der Waals surface area contributed by atoms with Crippen molar-refractivity contribution in [3.05, 3.63) is 77.2 Å². The van der Waals surface area contributed by atoms with Crippen LogP contribution in [0, 0.1) is 65.1 Å². The van der Waals surface area contributed by atoms with Crippen molar-refractivity contribution in [2.45, 2.75) is 6.92 Å². The number of halogens is 13. The summed E-state index contributed by atoms with van der Waals surface area (Å²) in [4.78, 5) is 0. The van der Waals surface area contributed by atoms with Crippen molar-refractivity contribution >= 4 is 47.8 Å². The largest absolute Gasteiger partial charge is 0.206 e. The fourth-order valence-corrected chi connectivity index (χ4v) is 4.61. The number of rotatable bonds is 2. The highest BCUT2D eigenvalue weighted by molar-refractivity contribution is 9.11. The third-order valence-electron chi connectivity index (χ3n) is 4.48. The molecule has 0 aromatic heterocycles. The Labute approximate surface area is 197 Å². The predicted octanol–water partition coefficient (Wildman–Crippen LogP) is 9.01. The summed E-state index contributed by atoms with van der Waals surface area (Å²) in [6.45, 7) is 0.775. The highest BCUT2D eigenvalue weighted by Gasteiger charge is 2.34. The van der Waals surface area contributed by atoms with Gasteiger partial charge in [-0.15, -0.1) is 0 Å². The quantitative estimate of drug-likeness (QED) is 0.146. The lowest BCUT2D eigenvalue weighted by Crippen LogP contribution is -2.08. The van der Waals surface area contributed by atoms with Crippen LogP contribution in [-0.2, 0) is 0 Å². The van der Waals surface area contributed by atoms with E-state index in [4.69, 9.17) is 0 Å². The van der Waals surface area contributed by atoms with Gasteiger partial charge >= 0.3 is 0 Å². The average molecular weight is 661 g/mol. The first kappa shape index (κ1) is 25.0. The molecule has 3 aromatic rings. The molecule has 13 heteroatoms. The maximum absolute atomic E-state index is 15.2. The first-order valence-electron chi connectivity index (χ1n) is 7.96. The van der Waals surface area contributed by atoms with Crippen LogP contribution in [0.5, 0.6) is 0 Å². The summed E-state index contributed by atoms with van der Waals surface area (Å²) in [6.07, 6.45) is 0. The van der Waals surface area contributed by atoms with E-state index in [1.54, 1.807) is 0 Å². The Hall–Kier alpha value is -1.60. The van der Waals surface area contributed by atoms with Crippen LogP contribution in [-0.4, -0.2) is 0 Å². The summed E-state index contributed by atoms with van der Waals surface area (Å²) in [7, 11) is 0. The van der Waals surface area contributed by atoms with Crippen molar-refractivity contribution < 1.29 is 43.9 Å². The molecule has 0 aliphatic heterocycles. The smallest absolute Gasteiger partial charge is 0.198 e. The zero-order valence-corrected chi connectivity index (χ0v) is 19.7. The Balaban J connectivity index is 2.50. The second-order valence-corrected chi connectivity index (χ2v) is 8.59. The molecule has 170 valence electrons. The van der Waals surface area contributed by atoms with Gasteiger partial charge in [0.2, 0.25) is 0 Å². The lowest BCUT2D eigenvalue weighted by atomic mass is 9.93. The third kappa shape index (κ3) is 3.47. The van der Waals surface area contributed by atoms with Gasteiger partial charge in [-0.2, -0.15) is 0 Å². The maximum atomic E-state index is 15.2. The fraction of sp³-hybridized carbons (Fsp3) is 0.0526. The third-order valence-corrected chi connectivity index (χ3v) is 6.71. The fourth-order valence-electron chi connectivity index (χ4n) is 2.94. The summed E-state index contributed by atoms with van der Waals surface area (Å²) < 4.78 is 138. The van der Waals surface area contributed by atoms with Crippen LogP contribution in [0.2, 0.25) is 0 Å². The Morgan fingerprint density at radius 3 is 1.03 bits per heavy atom. The van der Waals surface area contributed by atoms with E-state index in [1.165, 1.54) is 0 Å². The van der Waals surface area contributed by atoms with Crippen LogP contribution >= 0.6 is 47.8 Å². The highest BCUT2D eigenvalue weighted by Crippen LogP contribution is 2.47. The molecule has 0 radical (unpaired) electrons. The molecule has 0 atom stereocenters. The first-order valence-corrected chi connectivity index (χ1v) is 10.3. The van der Waals surface area contributed by atoms with Gasteiger partial charge in [-0.25, -0.2) is 43.9 Å². The lowest BCUT2D eigenvalue weighted by molar-refractivity contribution is 0.407. The molecule has 32 heavy (non-hydrogen) atoms. The van der Waals surface area contributed by atoms with Crippen LogP contribution in [0.4, 0.5) is 43.9 Å². The van der Waals surface area contributed by atoms with Crippen molar-refractivity contribution in [2.75, 3.05) is 0 Å². The van der Waals surface area contributed by atoms with Gasteiger partial charge in [0.15, 0.2) is 46.5 Å². The van der Waals surface area contributed by atoms with Gasteiger partial charge in [0.25, 0.3) is 0 Å². The molecule has 3 aromatic carbocycles. The van der Waals surface area contributed by atoms with E-state index in [0.29, 0.717) is 0 Å². The summed E-state index contributed by atoms with van der Waals surface area (Å²) >= 11 is 7.44. The van der Waals surface area contributed by atoms with Crippen molar-refractivity contribution in [1.82, 2.24) is 0 Å². The standard InChI is InChI=1S/C19H3Br3F10/c1-2-3(4-8(21)14(27)18(31)16(29)12(4)25)11(24)7(20)5(10(2)23)6-9(22)15(28)19(32)17(30)13(6)26/h1H3. The van der Waals surface area contributed by atoms with Crippen molar-refractivity contribution in [3.8, 4) is 22.3 Å². The summed E-state index contributed by atoms with van der Waals surface area (Å²) in [5.74, 6) is -20.4. The molecule has 0 fully saturated rings. The normalized spacial score (nSPS) is 11.4. The summed E-state index contributed by atoms with van der Waals surface area (Å²) in [6, 6.07) is 0. The predicted molar refractivity (Wildman–Crippen MR) is 105 cm³/mol. The molecule has 0 aliphatic rings. The average Bonchev–Trinajstić information content (AvgIpc) is 2.76. The van der Waals surface area contributed by atoms with E-state index in [9.17, 15) is 35.1 Å². The van der Waals surface area contributed by atoms with Gasteiger partial charge in [0.1, 0.15) is 11.6 Å². The molecular formula is C19H3Br3F10. The molecule has 0 saturated heterocycles. The van der Waals surface area contributed by atoms with Gasteiger partial charge in [-0.1, -0.05) is 0 Å². The highest BCUT2D eigenvalue weighted by atomic mass is 79.9. The second kappa shape index (κ2) is 8.64. The molecule has 0 N–H and O–H groups in total. The Kier molecular flexibility index (Phi) is 6.76. The van der Waals surface area contributed by atoms with Crippen LogP contribution in [0.3, 0.4) is 0 Å². The monoisotopic (exact) mass is 658 g/mol. The minimum Gasteiger partial charge on any atom is -0.206 e. The summed E-state index contributed by atoms with van der Waals surface area (Å²) in [5, 5.41) is 0. The second-order valence-electron chi connectivity index (χ2n) is 6.21. The SMILES string of the molecule is Cc1c(F)c(-c2c(F)c(F)c(F)c(F)c2Br)c(Br)c(F)c1-c1c(F)c(F)c(F)c(F)c1Br. The Morgan fingerprint density at radius 2 is 0.625 bits per heavy atom. The van der Waals surface area contributed by atoms with Gasteiger partial charge in [0.05, 0.1) is 13.4 Å². The Bertz CT molecular complexity index is 1130. The molecule has 0 spiro atoms. The van der Waals surface area contributed by atoms with E-state index in [1.807, 2.05) is 0 Å². The molecule has 0 saturated carbocycles. The van der Waals surface area contributed by atoms with Crippen molar-refractivity contribution in [2.24, 2.45) is 0 Å². The number of hydrogen-bond acceptors (Lipinski definition) is 0. The van der Waals surface area contributed by atoms with E-state index in [0.717, 1.165) is 6.92 Å². The van der Waals surface area contributed by atoms with Gasteiger partial charge in [-0.3, -0.25) is 0 Å². The van der Waals surface area contributed by atoms with Crippen LogP contribution < -0.4 is 0 Å². The van der Waals surface area contributed by atoms with Gasteiger partial charge < -0.3 is 0 Å². The van der Waals surface area contributed by atoms with E-state index in [2.05, 4.69) is 47.8 Å². The molecule has 0 bridgehead atoms. The first-order chi connectivity index (χ1) is 14.7. The lowest BCUT2D eigenvalue weighted by Gasteiger charge is -2.19. The van der Waals surface area contributed by atoms with Gasteiger partial charge in [0, 0.05) is 22.3 Å². The molecule has 0 unspecified atom stereocenters. The zero-order chi connectivity index (χ0) is 24.4. The van der Waals surface area contributed by atoms with Crippen molar-refractivity contribution in [1.29, 1.82) is 0 Å². The number of hydrogen-bond donors (Lipinski definition) is 0. The molecule has 0 nitrogen and oxygen atoms in total. The molecule has 0 amide bonds. The molecule has 0 aliphatic carbocycles. The van der Waals surface area contributed by atoms with Crippen molar-refractivity contribution in [3.63, 3.8) is 0 Å². The molecule has 0 heterocycles. The zero-order valence-electron chi connectivity index (χ0n) is 14.9. The minimum atomic E-state index is -2.33. The van der Waals surface area contributed by atoms with Crippen LogP contribution in [0.15, 0.2) is 13.4 Å². The summed E-state index contributed by atoms with van der Waals surface area (Å²) in [5.41, 5.74) is -5.68. The van der Waals surface area contributed by atoms with Gasteiger partial charge in [-0.05, 0) is 60.3 Å². The number of benzene rings is 3.